The van der Waals surface area contributed by atoms with Crippen molar-refractivity contribution in [3.63, 3.8) is 0 Å². The molecule has 5 nitrogen and oxygen atoms in total. The van der Waals surface area contributed by atoms with E-state index in [1.54, 1.807) is 11.1 Å². The maximum Gasteiger partial charge on any atom is 0.315 e. The normalized spacial score (nSPS) is 28.1. The van der Waals surface area contributed by atoms with E-state index >= 15 is 0 Å². The molecule has 1 saturated heterocycles. The van der Waals surface area contributed by atoms with Crippen LogP contribution in [-0.2, 0) is 5.60 Å². The van der Waals surface area contributed by atoms with Gasteiger partial charge in [-0.3, -0.25) is 0 Å². The molecular weight excluding hydrogens is 494 g/mol. The Balaban J connectivity index is 1.01. The summed E-state index contributed by atoms with van der Waals surface area (Å²) in [6.45, 7) is 3.13. The van der Waals surface area contributed by atoms with Crippen LogP contribution < -0.4 is 10.6 Å². The van der Waals surface area contributed by atoms with Crippen molar-refractivity contribution < 1.29 is 14.4 Å². The number of amides is 2. The zero-order valence-electron chi connectivity index (χ0n) is 23.9. The fraction of sp³-hybridized carbons (Fsp3) is 0.457. The molecule has 3 aliphatic rings. The Bertz CT molecular complexity index is 1230. The van der Waals surface area contributed by atoms with Crippen molar-refractivity contribution in [2.45, 2.75) is 81.6 Å². The molecule has 3 N–H and O–H groups in total. The lowest BCUT2D eigenvalue weighted by molar-refractivity contribution is -0.948. The third-order valence-electron chi connectivity index (χ3n) is 10.5. The van der Waals surface area contributed by atoms with E-state index in [1.165, 1.54) is 43.1 Å². The summed E-state index contributed by atoms with van der Waals surface area (Å²) in [4.78, 5) is 13.1. The SMILES string of the molecule is C[C@H](NC(=O)NC1CCC(CC[N+]2(C)[C@@H]3CC[C@H]2c2ccccc23)CC1)C(O)(c1ccccc1)c1ccccc1. The van der Waals surface area contributed by atoms with Gasteiger partial charge in [0.05, 0.1) is 19.6 Å². The molecule has 40 heavy (non-hydrogen) atoms. The molecule has 3 aromatic carbocycles. The lowest BCUT2D eigenvalue weighted by Crippen LogP contribution is -2.54. The van der Waals surface area contributed by atoms with Crippen molar-refractivity contribution in [1.29, 1.82) is 0 Å². The highest BCUT2D eigenvalue weighted by molar-refractivity contribution is 5.75. The Hall–Kier alpha value is -3.15. The number of fused-ring (bicyclic) bond motifs is 5. The van der Waals surface area contributed by atoms with Gasteiger partial charge in [-0.15, -0.1) is 0 Å². The van der Waals surface area contributed by atoms with Gasteiger partial charge in [-0.05, 0) is 56.1 Å². The highest BCUT2D eigenvalue weighted by Gasteiger charge is 2.54. The molecule has 1 saturated carbocycles. The second-order valence-corrected chi connectivity index (χ2v) is 12.7. The first kappa shape index (κ1) is 27.0. The Morgan fingerprint density at radius 2 is 1.32 bits per heavy atom. The zero-order chi connectivity index (χ0) is 27.7. The first-order valence-electron chi connectivity index (χ1n) is 15.2. The summed E-state index contributed by atoms with van der Waals surface area (Å²) in [7, 11) is 2.49. The highest BCUT2D eigenvalue weighted by atomic mass is 16.3. The van der Waals surface area contributed by atoms with Gasteiger partial charge < -0.3 is 20.2 Å². The number of nitrogens with one attached hydrogen (secondary N) is 2. The van der Waals surface area contributed by atoms with E-state index in [-0.39, 0.29) is 12.1 Å². The van der Waals surface area contributed by atoms with Gasteiger partial charge in [-0.1, -0.05) is 84.9 Å². The monoisotopic (exact) mass is 538 g/mol. The van der Waals surface area contributed by atoms with Crippen LogP contribution in [0.4, 0.5) is 4.79 Å². The summed E-state index contributed by atoms with van der Waals surface area (Å²) < 4.78 is 1.20. The van der Waals surface area contributed by atoms with Gasteiger partial charge in [0.25, 0.3) is 0 Å². The average molecular weight is 539 g/mol. The first-order valence-corrected chi connectivity index (χ1v) is 15.2. The fourth-order valence-corrected chi connectivity index (χ4v) is 8.13. The fourth-order valence-electron chi connectivity index (χ4n) is 8.13. The molecule has 4 atom stereocenters. The predicted molar refractivity (Wildman–Crippen MR) is 160 cm³/mol. The van der Waals surface area contributed by atoms with Crippen molar-refractivity contribution in [1.82, 2.24) is 10.6 Å². The van der Waals surface area contributed by atoms with Gasteiger partial charge in [-0.2, -0.15) is 0 Å². The van der Waals surface area contributed by atoms with Crippen molar-refractivity contribution in [2.24, 2.45) is 5.92 Å². The minimum atomic E-state index is -1.33. The zero-order valence-corrected chi connectivity index (χ0v) is 23.9. The van der Waals surface area contributed by atoms with Crippen molar-refractivity contribution >= 4 is 6.03 Å². The largest absolute Gasteiger partial charge is 0.378 e. The van der Waals surface area contributed by atoms with E-state index in [4.69, 9.17) is 0 Å². The molecule has 5 heteroatoms. The summed E-state index contributed by atoms with van der Waals surface area (Å²) in [5, 5.41) is 18.2. The van der Waals surface area contributed by atoms with Crippen molar-refractivity contribution in [3.05, 3.63) is 107 Å². The topological polar surface area (TPSA) is 61.4 Å². The summed E-state index contributed by atoms with van der Waals surface area (Å²) >= 11 is 0. The Labute approximate surface area is 239 Å². The number of rotatable bonds is 8. The van der Waals surface area contributed by atoms with Gasteiger partial charge in [0.15, 0.2) is 0 Å². The molecule has 2 fully saturated rings. The smallest absolute Gasteiger partial charge is 0.315 e. The van der Waals surface area contributed by atoms with E-state index in [0.29, 0.717) is 12.1 Å². The number of aliphatic hydroxyl groups is 1. The molecule has 6 rings (SSSR count). The quantitative estimate of drug-likeness (QED) is 0.283. The average Bonchev–Trinajstić information content (AvgIpc) is 3.45. The summed E-state index contributed by atoms with van der Waals surface area (Å²) in [5.74, 6) is 0.736. The van der Waals surface area contributed by atoms with Crippen LogP contribution >= 0.6 is 0 Å². The number of carbonyl (C=O) groups excluding carboxylic acids is 1. The number of hydrogen-bond donors (Lipinski definition) is 3. The molecule has 2 bridgehead atoms. The van der Waals surface area contributed by atoms with Gasteiger partial charge in [0.1, 0.15) is 17.7 Å². The third-order valence-corrected chi connectivity index (χ3v) is 10.5. The van der Waals surface area contributed by atoms with Gasteiger partial charge in [0.2, 0.25) is 0 Å². The standard InChI is InChI=1S/C35H43N3O2/c1-25(35(40,27-11-5-3-6-12-27)28-13-7-4-8-14-28)36-34(39)37-29-19-17-26(18-20-29)23-24-38(2)32-21-22-33(38)31-16-10-9-15-30(31)32/h3-16,25-26,29,32-33,40H,17-24H2,1-2H3,(H-,36,37,39)/p+1/t25-,26?,29?,32-,33+,38?/m0/s1. The summed E-state index contributed by atoms with van der Waals surface area (Å²) in [6, 6.07) is 29.2. The van der Waals surface area contributed by atoms with Crippen molar-refractivity contribution in [3.8, 4) is 0 Å². The van der Waals surface area contributed by atoms with Crippen LogP contribution in [0.2, 0.25) is 0 Å². The molecular formula is C35H44N3O2+. The van der Waals surface area contributed by atoms with Crippen LogP contribution in [0.5, 0.6) is 0 Å². The van der Waals surface area contributed by atoms with E-state index < -0.39 is 11.6 Å². The van der Waals surface area contributed by atoms with Crippen LogP contribution in [-0.4, -0.2) is 41.3 Å². The third kappa shape index (κ3) is 4.84. The summed E-state index contributed by atoms with van der Waals surface area (Å²) in [5.41, 5.74) is 3.40. The number of nitrogens with zero attached hydrogens (tertiary/aromatic N) is 1. The minimum Gasteiger partial charge on any atom is -0.378 e. The second kappa shape index (κ2) is 11.0. The minimum absolute atomic E-state index is 0.182. The summed E-state index contributed by atoms with van der Waals surface area (Å²) in [6.07, 6.45) is 8.30. The van der Waals surface area contributed by atoms with E-state index in [0.717, 1.165) is 29.9 Å². The van der Waals surface area contributed by atoms with Crippen LogP contribution in [0.25, 0.3) is 0 Å². The molecule has 2 aliphatic heterocycles. The van der Waals surface area contributed by atoms with Gasteiger partial charge >= 0.3 is 6.03 Å². The van der Waals surface area contributed by atoms with E-state index in [2.05, 4.69) is 41.9 Å². The maximum absolute atomic E-state index is 13.1. The van der Waals surface area contributed by atoms with Gasteiger partial charge in [-0.25, -0.2) is 4.79 Å². The molecule has 1 unspecified atom stereocenters. The second-order valence-electron chi connectivity index (χ2n) is 12.7. The first-order chi connectivity index (χ1) is 19.4. The lowest BCUT2D eigenvalue weighted by atomic mass is 9.81. The molecule has 2 heterocycles. The van der Waals surface area contributed by atoms with Crippen LogP contribution in [0, 0.1) is 5.92 Å². The molecule has 0 spiro atoms. The number of benzene rings is 3. The Morgan fingerprint density at radius 1 is 0.825 bits per heavy atom. The van der Waals surface area contributed by atoms with Crippen molar-refractivity contribution in [2.75, 3.05) is 13.6 Å². The number of carbonyl (C=O) groups is 1. The number of quaternary nitrogens is 1. The molecule has 2 amide bonds. The number of urea groups is 1. The molecule has 1 aliphatic carbocycles. The van der Waals surface area contributed by atoms with E-state index in [1.807, 2.05) is 67.6 Å². The van der Waals surface area contributed by atoms with Gasteiger partial charge in [0, 0.05) is 30.0 Å². The van der Waals surface area contributed by atoms with Crippen LogP contribution in [0.1, 0.15) is 86.2 Å². The van der Waals surface area contributed by atoms with Crippen LogP contribution in [0.15, 0.2) is 84.9 Å². The Morgan fingerprint density at radius 3 is 1.85 bits per heavy atom. The molecule has 0 radical (unpaired) electrons. The van der Waals surface area contributed by atoms with Crippen LogP contribution in [0.3, 0.4) is 0 Å². The molecule has 0 aromatic heterocycles. The van der Waals surface area contributed by atoms with E-state index in [9.17, 15) is 9.90 Å². The Kier molecular flexibility index (Phi) is 7.45. The number of hydrogen-bond acceptors (Lipinski definition) is 2. The maximum atomic E-state index is 13.1. The molecule has 3 aromatic rings. The molecule has 210 valence electrons. The highest BCUT2D eigenvalue weighted by Crippen LogP contribution is 2.57. The predicted octanol–water partition coefficient (Wildman–Crippen LogP) is 6.60. The lowest BCUT2D eigenvalue weighted by Gasteiger charge is -2.38.